The number of carbonyl (C=O) groups excluding carboxylic acids is 1. The molecule has 5 nitrogen and oxygen atoms in total. The Labute approximate surface area is 133 Å². The number of carboxylic acids is 1. The van der Waals surface area contributed by atoms with E-state index in [9.17, 15) is 14.7 Å². The monoisotopic (exact) mass is 356 g/mol. The molecule has 0 spiro atoms. The van der Waals surface area contributed by atoms with E-state index in [1.54, 1.807) is 6.92 Å². The molecule has 0 aliphatic carbocycles. The summed E-state index contributed by atoms with van der Waals surface area (Å²) >= 11 is 3.41. The van der Waals surface area contributed by atoms with Crippen molar-refractivity contribution in [1.29, 1.82) is 0 Å². The second-order valence-electron chi connectivity index (χ2n) is 5.24. The van der Waals surface area contributed by atoms with Gasteiger partial charge in [-0.05, 0) is 52.9 Å². The van der Waals surface area contributed by atoms with Crippen molar-refractivity contribution < 1.29 is 14.7 Å². The number of anilines is 1. The maximum atomic E-state index is 12.0. The normalized spacial score (nSPS) is 13.4. The SMILES string of the molecule is CCC(C)[C@H](NC(=O)Nc1c(C)cc(C)cc1Br)C(=O)O. The Morgan fingerprint density at radius 2 is 1.95 bits per heavy atom. The average molecular weight is 357 g/mol. The van der Waals surface area contributed by atoms with Gasteiger partial charge in [-0.2, -0.15) is 0 Å². The molecule has 1 aromatic rings. The second-order valence-corrected chi connectivity index (χ2v) is 6.09. The largest absolute Gasteiger partial charge is 0.480 e. The molecule has 0 fully saturated rings. The lowest BCUT2D eigenvalue weighted by atomic mass is 9.99. The Kier molecular flexibility index (Phi) is 6.20. The molecule has 0 radical (unpaired) electrons. The molecule has 0 aliphatic rings. The highest BCUT2D eigenvalue weighted by Crippen LogP contribution is 2.27. The fourth-order valence-corrected chi connectivity index (χ4v) is 2.82. The van der Waals surface area contributed by atoms with Crippen LogP contribution in [0.3, 0.4) is 0 Å². The molecule has 116 valence electrons. The molecule has 1 aromatic carbocycles. The van der Waals surface area contributed by atoms with Crippen molar-refractivity contribution in [3.63, 3.8) is 0 Å². The van der Waals surface area contributed by atoms with Gasteiger partial charge in [-0.15, -0.1) is 0 Å². The van der Waals surface area contributed by atoms with Crippen LogP contribution in [0.1, 0.15) is 31.4 Å². The van der Waals surface area contributed by atoms with Gasteiger partial charge in [0, 0.05) is 4.47 Å². The van der Waals surface area contributed by atoms with Crippen molar-refractivity contribution in [2.24, 2.45) is 5.92 Å². The van der Waals surface area contributed by atoms with Gasteiger partial charge in [0.1, 0.15) is 6.04 Å². The third-order valence-corrected chi connectivity index (χ3v) is 4.06. The highest BCUT2D eigenvalue weighted by atomic mass is 79.9. The molecule has 0 saturated carbocycles. The number of carboxylic acid groups (broad SMARTS) is 1. The van der Waals surface area contributed by atoms with Gasteiger partial charge in [0.2, 0.25) is 0 Å². The molecule has 2 amide bonds. The number of carbonyl (C=O) groups is 2. The molecule has 1 unspecified atom stereocenters. The molecule has 0 aromatic heterocycles. The smallest absolute Gasteiger partial charge is 0.326 e. The minimum Gasteiger partial charge on any atom is -0.480 e. The van der Waals surface area contributed by atoms with Crippen molar-refractivity contribution in [1.82, 2.24) is 5.32 Å². The van der Waals surface area contributed by atoms with Crippen molar-refractivity contribution in [3.05, 3.63) is 27.7 Å². The standard InChI is InChI=1S/C15H21BrN2O3/c1-5-9(3)13(14(19)20)18-15(21)17-12-10(4)6-8(2)7-11(12)16/h6-7,9,13H,5H2,1-4H3,(H,19,20)(H2,17,18,21)/t9?,13-/m0/s1. The van der Waals surface area contributed by atoms with Crippen LogP contribution in [0.15, 0.2) is 16.6 Å². The summed E-state index contributed by atoms with van der Waals surface area (Å²) in [6.07, 6.45) is 0.671. The quantitative estimate of drug-likeness (QED) is 0.752. The molecule has 2 atom stereocenters. The number of urea groups is 1. The van der Waals surface area contributed by atoms with Gasteiger partial charge in [0.25, 0.3) is 0 Å². The molecule has 0 heterocycles. The van der Waals surface area contributed by atoms with Crippen LogP contribution in [0.2, 0.25) is 0 Å². The third kappa shape index (κ3) is 4.74. The highest BCUT2D eigenvalue weighted by molar-refractivity contribution is 9.10. The molecule has 0 aliphatic heterocycles. The Morgan fingerprint density at radius 3 is 2.43 bits per heavy atom. The van der Waals surface area contributed by atoms with E-state index in [0.717, 1.165) is 15.6 Å². The van der Waals surface area contributed by atoms with Gasteiger partial charge in [0.15, 0.2) is 0 Å². The lowest BCUT2D eigenvalue weighted by molar-refractivity contribution is -0.140. The highest BCUT2D eigenvalue weighted by Gasteiger charge is 2.25. The summed E-state index contributed by atoms with van der Waals surface area (Å²) in [6, 6.07) is 2.42. The Morgan fingerprint density at radius 1 is 1.33 bits per heavy atom. The Balaban J connectivity index is 2.84. The van der Waals surface area contributed by atoms with E-state index in [4.69, 9.17) is 0 Å². The van der Waals surface area contributed by atoms with Crippen LogP contribution in [0, 0.1) is 19.8 Å². The summed E-state index contributed by atoms with van der Waals surface area (Å²) in [5.74, 6) is -1.17. The molecular formula is C15H21BrN2O3. The van der Waals surface area contributed by atoms with Gasteiger partial charge in [0.05, 0.1) is 5.69 Å². The number of hydrogen-bond donors (Lipinski definition) is 3. The van der Waals surface area contributed by atoms with Gasteiger partial charge in [-0.1, -0.05) is 26.3 Å². The van der Waals surface area contributed by atoms with Crippen molar-refractivity contribution in [2.75, 3.05) is 5.32 Å². The summed E-state index contributed by atoms with van der Waals surface area (Å²) < 4.78 is 0.769. The second kappa shape index (κ2) is 7.45. The molecular weight excluding hydrogens is 336 g/mol. The zero-order valence-corrected chi connectivity index (χ0v) is 14.2. The van der Waals surface area contributed by atoms with E-state index in [2.05, 4.69) is 26.6 Å². The number of nitrogens with one attached hydrogen (secondary N) is 2. The van der Waals surface area contributed by atoms with Crippen molar-refractivity contribution in [3.8, 4) is 0 Å². The first kappa shape index (κ1) is 17.5. The summed E-state index contributed by atoms with van der Waals surface area (Å²) in [6.45, 7) is 7.54. The first-order valence-corrected chi connectivity index (χ1v) is 7.62. The molecule has 21 heavy (non-hydrogen) atoms. The number of benzene rings is 1. The van der Waals surface area contributed by atoms with E-state index in [1.807, 2.05) is 32.9 Å². The maximum absolute atomic E-state index is 12.0. The number of hydrogen-bond acceptors (Lipinski definition) is 2. The fraction of sp³-hybridized carbons (Fsp3) is 0.467. The van der Waals surface area contributed by atoms with Crippen LogP contribution >= 0.6 is 15.9 Å². The number of aliphatic carboxylic acids is 1. The summed E-state index contributed by atoms with van der Waals surface area (Å²) in [5, 5.41) is 14.4. The van der Waals surface area contributed by atoms with Gasteiger partial charge in [-0.25, -0.2) is 9.59 Å². The van der Waals surface area contributed by atoms with Crippen molar-refractivity contribution >= 4 is 33.6 Å². The van der Waals surface area contributed by atoms with E-state index in [-0.39, 0.29) is 5.92 Å². The minimum absolute atomic E-state index is 0.143. The van der Waals surface area contributed by atoms with Crippen LogP contribution in [-0.4, -0.2) is 23.1 Å². The molecule has 0 bridgehead atoms. The lowest BCUT2D eigenvalue weighted by Gasteiger charge is -2.21. The first-order valence-electron chi connectivity index (χ1n) is 6.83. The number of amides is 2. The van der Waals surface area contributed by atoms with E-state index in [1.165, 1.54) is 0 Å². The average Bonchev–Trinajstić information content (AvgIpc) is 2.39. The molecule has 0 saturated heterocycles. The van der Waals surface area contributed by atoms with Crippen LogP contribution in [-0.2, 0) is 4.79 Å². The minimum atomic E-state index is -1.03. The Bertz CT molecular complexity index is 523. The zero-order valence-electron chi connectivity index (χ0n) is 12.7. The number of rotatable bonds is 5. The zero-order chi connectivity index (χ0) is 16.2. The van der Waals surface area contributed by atoms with E-state index in [0.29, 0.717) is 12.1 Å². The third-order valence-electron chi connectivity index (χ3n) is 3.44. The van der Waals surface area contributed by atoms with E-state index >= 15 is 0 Å². The molecule has 6 heteroatoms. The number of halogens is 1. The van der Waals surface area contributed by atoms with E-state index < -0.39 is 18.0 Å². The lowest BCUT2D eigenvalue weighted by Crippen LogP contribution is -2.46. The molecule has 1 rings (SSSR count). The number of aryl methyl sites for hydroxylation is 2. The van der Waals surface area contributed by atoms with Gasteiger partial charge in [-0.3, -0.25) is 0 Å². The van der Waals surface area contributed by atoms with Crippen LogP contribution in [0.4, 0.5) is 10.5 Å². The van der Waals surface area contributed by atoms with Gasteiger partial charge >= 0.3 is 12.0 Å². The Hall–Kier alpha value is -1.56. The van der Waals surface area contributed by atoms with Crippen molar-refractivity contribution in [2.45, 2.75) is 40.2 Å². The van der Waals surface area contributed by atoms with Gasteiger partial charge < -0.3 is 15.7 Å². The summed E-state index contributed by atoms with van der Waals surface area (Å²) in [4.78, 5) is 23.2. The van der Waals surface area contributed by atoms with Crippen LogP contribution in [0.5, 0.6) is 0 Å². The maximum Gasteiger partial charge on any atom is 0.326 e. The summed E-state index contributed by atoms with van der Waals surface area (Å²) in [7, 11) is 0. The topological polar surface area (TPSA) is 78.4 Å². The van der Waals surface area contributed by atoms with Crippen LogP contribution in [0.25, 0.3) is 0 Å². The summed E-state index contributed by atoms with van der Waals surface area (Å²) in [5.41, 5.74) is 2.63. The predicted molar refractivity (Wildman–Crippen MR) is 86.6 cm³/mol. The van der Waals surface area contributed by atoms with Crippen LogP contribution < -0.4 is 10.6 Å². The fourth-order valence-electron chi connectivity index (χ4n) is 2.05. The molecule has 3 N–H and O–H groups in total. The predicted octanol–water partition coefficient (Wildman–Crippen LogP) is 3.69. The first-order chi connectivity index (χ1) is 9.76.